The van der Waals surface area contributed by atoms with E-state index in [1.165, 1.54) is 13.2 Å². The van der Waals surface area contributed by atoms with Gasteiger partial charge in [0.15, 0.2) is 0 Å². The third-order valence-electron chi connectivity index (χ3n) is 3.78. The van der Waals surface area contributed by atoms with Gasteiger partial charge in [-0.2, -0.15) is 0 Å². The molecule has 1 aromatic heterocycles. The first-order valence-electron chi connectivity index (χ1n) is 7.37. The topological polar surface area (TPSA) is 71.2 Å². The van der Waals surface area contributed by atoms with Gasteiger partial charge < -0.3 is 15.0 Å². The maximum atomic E-state index is 12.8. The molecular weight excluding hydrogens is 408 g/mol. The van der Waals surface area contributed by atoms with E-state index in [0.29, 0.717) is 27.4 Å². The smallest absolute Gasteiger partial charge is 0.256 e. The highest BCUT2D eigenvalue weighted by Crippen LogP contribution is 2.31. The average molecular weight is 422 g/mol. The highest BCUT2D eigenvalue weighted by molar-refractivity contribution is 9.10. The van der Waals surface area contributed by atoms with Crippen LogP contribution in [0.25, 0.3) is 10.9 Å². The molecule has 1 heterocycles. The lowest BCUT2D eigenvalue weighted by atomic mass is 10.1. The predicted molar refractivity (Wildman–Crippen MR) is 103 cm³/mol. The molecule has 0 unspecified atom stereocenters. The minimum Gasteiger partial charge on any atom is -0.495 e. The van der Waals surface area contributed by atoms with Crippen molar-refractivity contribution in [1.82, 2.24) is 4.98 Å². The Morgan fingerprint density at radius 3 is 2.72 bits per heavy atom. The summed E-state index contributed by atoms with van der Waals surface area (Å²) in [7, 11) is 1.50. The van der Waals surface area contributed by atoms with Crippen molar-refractivity contribution in [3.63, 3.8) is 0 Å². The summed E-state index contributed by atoms with van der Waals surface area (Å²) in [6, 6.07) is 9.96. The molecule has 2 aromatic carbocycles. The molecule has 0 bridgehead atoms. The summed E-state index contributed by atoms with van der Waals surface area (Å²) in [5, 5.41) is 3.97. The Balaban J connectivity index is 2.08. The van der Waals surface area contributed by atoms with Crippen molar-refractivity contribution in [1.29, 1.82) is 0 Å². The van der Waals surface area contributed by atoms with Gasteiger partial charge in [-0.25, -0.2) is 0 Å². The summed E-state index contributed by atoms with van der Waals surface area (Å²) in [4.78, 5) is 27.4. The number of rotatable bonds is 3. The lowest BCUT2D eigenvalue weighted by molar-refractivity contribution is 0.102. The van der Waals surface area contributed by atoms with Crippen LogP contribution in [0.3, 0.4) is 0 Å². The summed E-state index contributed by atoms with van der Waals surface area (Å²) in [6.07, 6.45) is 0. The maximum absolute atomic E-state index is 12.8. The number of nitrogens with one attached hydrogen (secondary N) is 2. The van der Waals surface area contributed by atoms with Crippen LogP contribution in [-0.2, 0) is 0 Å². The number of H-pyrrole nitrogens is 1. The first kappa shape index (κ1) is 17.5. The third-order valence-corrected chi connectivity index (χ3v) is 4.68. The maximum Gasteiger partial charge on any atom is 0.256 e. The van der Waals surface area contributed by atoms with Crippen molar-refractivity contribution >= 4 is 50.0 Å². The van der Waals surface area contributed by atoms with Crippen LogP contribution < -0.4 is 15.6 Å². The van der Waals surface area contributed by atoms with Crippen LogP contribution in [0.2, 0.25) is 5.02 Å². The molecule has 3 aromatic rings. The number of pyridine rings is 1. The van der Waals surface area contributed by atoms with Gasteiger partial charge in [-0.15, -0.1) is 0 Å². The summed E-state index contributed by atoms with van der Waals surface area (Å²) >= 11 is 9.47. The zero-order valence-electron chi connectivity index (χ0n) is 13.4. The number of hydrogen-bond donors (Lipinski definition) is 2. The molecule has 0 aliphatic heterocycles. The van der Waals surface area contributed by atoms with Gasteiger partial charge in [-0.3, -0.25) is 9.59 Å². The molecule has 7 heteroatoms. The number of anilines is 1. The van der Waals surface area contributed by atoms with E-state index in [9.17, 15) is 9.59 Å². The van der Waals surface area contributed by atoms with Crippen LogP contribution in [0.15, 0.2) is 45.7 Å². The number of halogens is 2. The molecule has 0 saturated carbocycles. The predicted octanol–water partition coefficient (Wildman–Crippen LogP) is 4.51. The van der Waals surface area contributed by atoms with Gasteiger partial charge >= 0.3 is 0 Å². The van der Waals surface area contributed by atoms with Crippen LogP contribution in [0, 0.1) is 6.92 Å². The van der Waals surface area contributed by atoms with Crippen molar-refractivity contribution < 1.29 is 9.53 Å². The Morgan fingerprint density at radius 1 is 1.24 bits per heavy atom. The zero-order valence-corrected chi connectivity index (χ0v) is 15.8. The van der Waals surface area contributed by atoms with Crippen LogP contribution >= 0.6 is 27.5 Å². The number of hydrogen-bond acceptors (Lipinski definition) is 3. The second kappa shape index (κ2) is 6.90. The zero-order chi connectivity index (χ0) is 18.1. The number of aromatic nitrogens is 1. The SMILES string of the molecule is COc1cc(Cl)c(C)cc1NC(=O)c1cc(=O)[nH]c2ccc(Br)cc12. The van der Waals surface area contributed by atoms with Crippen LogP contribution in [-0.4, -0.2) is 18.0 Å². The Labute approximate surface area is 157 Å². The molecule has 0 fully saturated rings. The summed E-state index contributed by atoms with van der Waals surface area (Å²) < 4.78 is 6.08. The van der Waals surface area contributed by atoms with Gasteiger partial charge in [0.25, 0.3) is 5.91 Å². The molecule has 0 radical (unpaired) electrons. The summed E-state index contributed by atoms with van der Waals surface area (Å²) in [5.41, 5.74) is 1.79. The van der Waals surface area contributed by atoms with Gasteiger partial charge in [-0.05, 0) is 36.8 Å². The fraction of sp³-hybridized carbons (Fsp3) is 0.111. The molecule has 25 heavy (non-hydrogen) atoms. The number of benzene rings is 2. The van der Waals surface area contributed by atoms with Gasteiger partial charge in [-0.1, -0.05) is 27.5 Å². The quantitative estimate of drug-likeness (QED) is 0.653. The highest BCUT2D eigenvalue weighted by Gasteiger charge is 2.15. The minimum absolute atomic E-state index is 0.273. The molecule has 3 rings (SSSR count). The Kier molecular flexibility index (Phi) is 4.83. The lowest BCUT2D eigenvalue weighted by Crippen LogP contribution is -2.17. The van der Waals surface area contributed by atoms with E-state index in [2.05, 4.69) is 26.2 Å². The van der Waals surface area contributed by atoms with E-state index >= 15 is 0 Å². The van der Waals surface area contributed by atoms with Gasteiger partial charge in [0.05, 0.1) is 18.4 Å². The van der Waals surface area contributed by atoms with Crippen molar-refractivity contribution in [3.05, 3.63) is 67.4 Å². The van der Waals surface area contributed by atoms with E-state index in [-0.39, 0.29) is 11.1 Å². The normalized spacial score (nSPS) is 10.7. The second-order valence-electron chi connectivity index (χ2n) is 5.49. The minimum atomic E-state index is -0.408. The third kappa shape index (κ3) is 3.55. The standard InChI is InChI=1S/C18H14BrClN2O3/c1-9-5-15(16(25-2)8-13(9)20)22-18(24)12-7-17(23)21-14-4-3-10(19)6-11(12)14/h3-8H,1-2H3,(H,21,23)(H,22,24). The number of amides is 1. The Hall–Kier alpha value is -2.31. The van der Waals surface area contributed by atoms with Crippen molar-refractivity contribution in [3.8, 4) is 5.75 Å². The monoisotopic (exact) mass is 420 g/mol. The van der Waals surface area contributed by atoms with Gasteiger partial charge in [0.1, 0.15) is 5.75 Å². The summed E-state index contributed by atoms with van der Waals surface area (Å²) in [6.45, 7) is 1.83. The van der Waals surface area contributed by atoms with E-state index in [1.54, 1.807) is 30.3 Å². The molecule has 0 saturated heterocycles. The van der Waals surface area contributed by atoms with Gasteiger partial charge in [0, 0.05) is 32.5 Å². The lowest BCUT2D eigenvalue weighted by Gasteiger charge is -2.13. The number of ether oxygens (including phenoxy) is 1. The molecule has 0 aliphatic carbocycles. The van der Waals surface area contributed by atoms with E-state index in [1.807, 2.05) is 6.92 Å². The molecule has 1 amide bonds. The average Bonchev–Trinajstić information content (AvgIpc) is 2.57. The number of aromatic amines is 1. The van der Waals surface area contributed by atoms with Crippen molar-refractivity contribution in [2.45, 2.75) is 6.92 Å². The second-order valence-corrected chi connectivity index (χ2v) is 6.82. The van der Waals surface area contributed by atoms with Crippen LogP contribution in [0.1, 0.15) is 15.9 Å². The van der Waals surface area contributed by atoms with Crippen LogP contribution in [0.5, 0.6) is 5.75 Å². The highest BCUT2D eigenvalue weighted by atomic mass is 79.9. The molecule has 0 aliphatic rings. The number of methoxy groups -OCH3 is 1. The molecule has 2 N–H and O–H groups in total. The van der Waals surface area contributed by atoms with E-state index in [0.717, 1.165) is 10.0 Å². The van der Waals surface area contributed by atoms with E-state index < -0.39 is 5.91 Å². The first-order chi connectivity index (χ1) is 11.9. The summed E-state index contributed by atoms with van der Waals surface area (Å²) in [5.74, 6) is 0.0356. The molecule has 0 spiro atoms. The Bertz CT molecular complexity index is 1050. The largest absolute Gasteiger partial charge is 0.495 e. The van der Waals surface area contributed by atoms with E-state index in [4.69, 9.17) is 16.3 Å². The fourth-order valence-corrected chi connectivity index (χ4v) is 3.05. The fourth-order valence-electron chi connectivity index (χ4n) is 2.53. The van der Waals surface area contributed by atoms with Crippen LogP contribution in [0.4, 0.5) is 5.69 Å². The molecule has 5 nitrogen and oxygen atoms in total. The molecule has 0 atom stereocenters. The molecule has 128 valence electrons. The first-order valence-corrected chi connectivity index (χ1v) is 8.54. The number of carbonyl (C=O) groups is 1. The van der Waals surface area contributed by atoms with Crippen molar-refractivity contribution in [2.24, 2.45) is 0 Å². The van der Waals surface area contributed by atoms with Crippen molar-refractivity contribution in [2.75, 3.05) is 12.4 Å². The van der Waals surface area contributed by atoms with Gasteiger partial charge in [0.2, 0.25) is 5.56 Å². The Morgan fingerprint density at radius 2 is 2.00 bits per heavy atom. The number of carbonyl (C=O) groups excluding carboxylic acids is 1. The number of aryl methyl sites for hydroxylation is 1. The molecular formula is C18H14BrClN2O3. The number of fused-ring (bicyclic) bond motifs is 1.